The van der Waals surface area contributed by atoms with Crippen LogP contribution in [0.2, 0.25) is 0 Å². The first-order chi connectivity index (χ1) is 27.3. The molecule has 0 fully saturated rings. The molecule has 12 rings (SSSR count). The van der Waals surface area contributed by atoms with E-state index in [1.807, 2.05) is 6.07 Å². The van der Waals surface area contributed by atoms with Crippen LogP contribution in [0.1, 0.15) is 0 Å². The van der Waals surface area contributed by atoms with Crippen molar-refractivity contribution in [1.82, 2.24) is 9.13 Å². The van der Waals surface area contributed by atoms with E-state index in [0.29, 0.717) is 0 Å². The number of hydrogen-bond acceptors (Lipinski definition) is 1. The Balaban J connectivity index is 1.10. The van der Waals surface area contributed by atoms with Gasteiger partial charge in [-0.05, 0) is 99.9 Å². The largest absolute Gasteiger partial charge is 0.456 e. The number of hydrogen-bond donors (Lipinski definition) is 0. The second-order valence-electron chi connectivity index (χ2n) is 14.5. The molecule has 0 saturated heterocycles. The van der Waals surface area contributed by atoms with Crippen LogP contribution in [-0.2, 0) is 0 Å². The molecule has 0 radical (unpaired) electrons. The summed E-state index contributed by atoms with van der Waals surface area (Å²) in [6.07, 6.45) is 0. The summed E-state index contributed by atoms with van der Waals surface area (Å²) in [5.41, 5.74) is 14.1. The van der Waals surface area contributed by atoms with Crippen molar-refractivity contribution in [2.45, 2.75) is 0 Å². The number of rotatable bonds is 4. The Morgan fingerprint density at radius 3 is 1.82 bits per heavy atom. The van der Waals surface area contributed by atoms with Gasteiger partial charge in [-0.2, -0.15) is 0 Å². The summed E-state index contributed by atoms with van der Waals surface area (Å²) in [7, 11) is 0. The molecule has 11 aromatic rings. The molecule has 2 aromatic heterocycles. The number of para-hydroxylation sites is 3. The molecule has 9 aromatic carbocycles. The lowest BCUT2D eigenvalue weighted by Gasteiger charge is -2.22. The van der Waals surface area contributed by atoms with Crippen molar-refractivity contribution in [3.05, 3.63) is 194 Å². The van der Waals surface area contributed by atoms with Crippen molar-refractivity contribution < 1.29 is 4.74 Å². The van der Waals surface area contributed by atoms with E-state index in [1.54, 1.807) is 0 Å². The molecule has 0 atom stereocenters. The summed E-state index contributed by atoms with van der Waals surface area (Å²) in [6.45, 7) is 0. The third-order valence-corrected chi connectivity index (χ3v) is 11.5. The van der Waals surface area contributed by atoms with Gasteiger partial charge in [0.1, 0.15) is 11.5 Å². The van der Waals surface area contributed by atoms with Gasteiger partial charge in [0, 0.05) is 43.9 Å². The van der Waals surface area contributed by atoms with Gasteiger partial charge in [-0.3, -0.25) is 0 Å². The van der Waals surface area contributed by atoms with Crippen LogP contribution in [0, 0.1) is 0 Å². The molecule has 0 aliphatic carbocycles. The van der Waals surface area contributed by atoms with Gasteiger partial charge in [-0.25, -0.2) is 0 Å². The van der Waals surface area contributed by atoms with Crippen LogP contribution in [-0.4, -0.2) is 9.13 Å². The van der Waals surface area contributed by atoms with E-state index in [4.69, 9.17) is 4.74 Å². The molecule has 1 aliphatic heterocycles. The lowest BCUT2D eigenvalue weighted by atomic mass is 9.91. The van der Waals surface area contributed by atoms with E-state index in [-0.39, 0.29) is 0 Å². The smallest absolute Gasteiger partial charge is 0.135 e. The lowest BCUT2D eigenvalue weighted by Crippen LogP contribution is -1.98. The molecule has 55 heavy (non-hydrogen) atoms. The molecule has 0 spiro atoms. The number of ether oxygens (including phenoxy) is 1. The highest BCUT2D eigenvalue weighted by molar-refractivity contribution is 6.26. The zero-order valence-electron chi connectivity index (χ0n) is 29.8. The van der Waals surface area contributed by atoms with Gasteiger partial charge in [0.25, 0.3) is 0 Å². The number of fused-ring (bicyclic) bond motifs is 9. The SMILES string of the molecule is c1ccc(-c2ccc3c4ccccc4n(-c4cccc(-c5ccc6c(c5)c5c7cccc8c7c(cc5n6-c5ccccc5)-c5ccccc5O8)c4)c3c2)cc1. The zero-order valence-corrected chi connectivity index (χ0v) is 29.8. The van der Waals surface area contributed by atoms with Crippen LogP contribution in [0.5, 0.6) is 11.5 Å². The number of benzene rings is 9. The summed E-state index contributed by atoms with van der Waals surface area (Å²) < 4.78 is 11.4. The number of aromatic nitrogens is 2. The minimum atomic E-state index is 0.894. The number of nitrogens with zero attached hydrogens (tertiary/aromatic N) is 2. The van der Waals surface area contributed by atoms with Crippen LogP contribution in [0.25, 0.3) is 99.1 Å². The van der Waals surface area contributed by atoms with E-state index in [9.17, 15) is 0 Å². The van der Waals surface area contributed by atoms with Gasteiger partial charge < -0.3 is 13.9 Å². The Kier molecular flexibility index (Phi) is 6.34. The molecule has 3 nitrogen and oxygen atoms in total. The minimum absolute atomic E-state index is 0.894. The van der Waals surface area contributed by atoms with Crippen molar-refractivity contribution in [2.75, 3.05) is 0 Å². The topological polar surface area (TPSA) is 19.1 Å². The first-order valence-corrected chi connectivity index (χ1v) is 18.8. The molecule has 0 bridgehead atoms. The highest BCUT2D eigenvalue weighted by Gasteiger charge is 2.25. The van der Waals surface area contributed by atoms with E-state index in [2.05, 4.69) is 197 Å². The van der Waals surface area contributed by atoms with E-state index < -0.39 is 0 Å². The Hall–Kier alpha value is -7.36. The minimum Gasteiger partial charge on any atom is -0.456 e. The molecular formula is C52H32N2O. The molecule has 0 saturated carbocycles. The zero-order chi connectivity index (χ0) is 36.0. The highest BCUT2D eigenvalue weighted by Crippen LogP contribution is 2.50. The van der Waals surface area contributed by atoms with Crippen molar-refractivity contribution >= 4 is 54.4 Å². The maximum atomic E-state index is 6.53. The summed E-state index contributed by atoms with van der Waals surface area (Å²) >= 11 is 0. The van der Waals surface area contributed by atoms with E-state index >= 15 is 0 Å². The van der Waals surface area contributed by atoms with Crippen LogP contribution in [0.4, 0.5) is 0 Å². The standard InChI is InChI=1S/C52H32N2O/c1-3-13-33(14-4-1)36-25-27-40-39-19-7-9-22-45(39)54(47(40)31-36)38-18-11-15-34(29-38)35-26-28-46-44(30-35)51-42-21-12-24-50-52(42)43(41-20-8-10-23-49(41)55-50)32-48(51)53(46)37-16-5-2-6-17-37/h1-32H. The molecule has 3 heterocycles. The van der Waals surface area contributed by atoms with Gasteiger partial charge in [-0.1, -0.05) is 127 Å². The molecule has 0 N–H and O–H groups in total. The van der Waals surface area contributed by atoms with Gasteiger partial charge in [0.2, 0.25) is 0 Å². The van der Waals surface area contributed by atoms with Gasteiger partial charge in [0.05, 0.1) is 22.1 Å². The van der Waals surface area contributed by atoms with Crippen LogP contribution in [0.3, 0.4) is 0 Å². The monoisotopic (exact) mass is 700 g/mol. The van der Waals surface area contributed by atoms with Gasteiger partial charge in [0.15, 0.2) is 0 Å². The first kappa shape index (κ1) is 30.1. The fourth-order valence-electron chi connectivity index (χ4n) is 9.07. The Labute approximate surface area is 317 Å². The second-order valence-corrected chi connectivity index (χ2v) is 14.5. The predicted octanol–water partition coefficient (Wildman–Crippen LogP) is 14.1. The molecule has 3 heteroatoms. The molecular weight excluding hydrogens is 669 g/mol. The maximum Gasteiger partial charge on any atom is 0.135 e. The maximum absolute atomic E-state index is 6.53. The summed E-state index contributed by atoms with van der Waals surface area (Å²) in [5.74, 6) is 1.80. The third kappa shape index (κ3) is 4.44. The van der Waals surface area contributed by atoms with Crippen LogP contribution < -0.4 is 4.74 Å². The van der Waals surface area contributed by atoms with E-state index in [1.165, 1.54) is 76.8 Å². The summed E-state index contributed by atoms with van der Waals surface area (Å²) in [5, 5.41) is 7.31. The molecule has 0 unspecified atom stereocenters. The third-order valence-electron chi connectivity index (χ3n) is 11.5. The summed E-state index contributed by atoms with van der Waals surface area (Å²) in [6, 6.07) is 70.2. The first-order valence-electron chi connectivity index (χ1n) is 18.8. The van der Waals surface area contributed by atoms with Gasteiger partial charge >= 0.3 is 0 Å². The predicted molar refractivity (Wildman–Crippen MR) is 229 cm³/mol. The normalized spacial score (nSPS) is 12.1. The molecule has 1 aliphatic rings. The van der Waals surface area contributed by atoms with Crippen molar-refractivity contribution in [2.24, 2.45) is 0 Å². The summed E-state index contributed by atoms with van der Waals surface area (Å²) in [4.78, 5) is 0. The second kappa shape index (κ2) is 11.6. The van der Waals surface area contributed by atoms with Crippen molar-refractivity contribution in [3.8, 4) is 56.3 Å². The fraction of sp³-hybridized carbons (Fsp3) is 0. The van der Waals surface area contributed by atoms with E-state index in [0.717, 1.165) is 33.8 Å². The van der Waals surface area contributed by atoms with Crippen molar-refractivity contribution in [3.63, 3.8) is 0 Å². The Bertz CT molecular complexity index is 3330. The quantitative estimate of drug-likeness (QED) is 0.179. The average Bonchev–Trinajstić information content (AvgIpc) is 3.76. The van der Waals surface area contributed by atoms with Crippen LogP contribution >= 0.6 is 0 Å². The fourth-order valence-corrected chi connectivity index (χ4v) is 9.07. The molecule has 256 valence electrons. The highest BCUT2D eigenvalue weighted by atomic mass is 16.5. The lowest BCUT2D eigenvalue weighted by molar-refractivity contribution is 0.487. The Morgan fingerprint density at radius 1 is 0.291 bits per heavy atom. The average molecular weight is 701 g/mol. The Morgan fingerprint density at radius 2 is 0.909 bits per heavy atom. The van der Waals surface area contributed by atoms with Crippen LogP contribution in [0.15, 0.2) is 194 Å². The van der Waals surface area contributed by atoms with Gasteiger partial charge in [-0.15, -0.1) is 0 Å². The molecule has 0 amide bonds. The van der Waals surface area contributed by atoms with Crippen molar-refractivity contribution in [1.29, 1.82) is 0 Å².